The van der Waals surface area contributed by atoms with Crippen LogP contribution in [0.25, 0.3) is 143 Å². The van der Waals surface area contributed by atoms with Crippen molar-refractivity contribution in [2.45, 2.75) is 61.9 Å². The molecule has 0 amide bonds. The van der Waals surface area contributed by atoms with Gasteiger partial charge in [-0.3, -0.25) is 0 Å². The SMILES string of the molecule is C[SiH](C)[Zr]([CH]1C(C(C)(C)C)=Cc2c(-c3c4ccccc4cc4ccccc34)ccc(-c3c4ccccc4cc4ccccc34)c21)[CH]1C(C(C)(C)C)=Cc2c(-c3c4ccccc4cc4ccccc34)ccc(-c3c4ccccc4cc4ccccc34)c21. The first-order valence-corrected chi connectivity index (χ1v) is 41.1. The summed E-state index contributed by atoms with van der Waals surface area (Å²) >= 11 is -3.19. The van der Waals surface area contributed by atoms with Crippen LogP contribution in [0.3, 0.4) is 0 Å². The van der Waals surface area contributed by atoms with Crippen LogP contribution in [0.2, 0.25) is 13.1 Å². The third kappa shape index (κ3) is 8.30. The quantitative estimate of drug-likeness (QED) is 0.110. The second-order valence-electron chi connectivity index (χ2n) is 27.0. The summed E-state index contributed by atoms with van der Waals surface area (Å²) in [4.78, 5) is 0. The molecular weight excluding hydrogens is 1130 g/mol. The van der Waals surface area contributed by atoms with Crippen LogP contribution >= 0.6 is 0 Å². The third-order valence-electron chi connectivity index (χ3n) is 19.6. The number of allylic oxidation sites excluding steroid dienone is 2. The Labute approximate surface area is 514 Å². The van der Waals surface area contributed by atoms with Crippen LogP contribution in [0, 0.1) is 10.8 Å². The number of hydrogen-bond acceptors (Lipinski definition) is 0. The fraction of sp³-hybridized carbons (Fsp3) is 0.143. The van der Waals surface area contributed by atoms with Gasteiger partial charge in [-0.25, -0.2) is 0 Å². The first-order chi connectivity index (χ1) is 41.8. The summed E-state index contributed by atoms with van der Waals surface area (Å²) in [5, 5.41) is 20.8. The predicted octanol–water partition coefficient (Wildman–Crippen LogP) is 23.9. The summed E-state index contributed by atoms with van der Waals surface area (Å²) in [7, 11) is 0. The molecule has 14 aromatic carbocycles. The molecule has 0 fully saturated rings. The van der Waals surface area contributed by atoms with Gasteiger partial charge in [-0.2, -0.15) is 0 Å². The molecule has 2 unspecified atom stereocenters. The van der Waals surface area contributed by atoms with E-state index in [1.54, 1.807) is 22.3 Å². The van der Waals surface area contributed by atoms with E-state index >= 15 is 0 Å². The van der Waals surface area contributed by atoms with Crippen LogP contribution in [-0.2, 0) is 20.9 Å². The maximum absolute atomic E-state index is 3.19. The molecule has 0 spiro atoms. The zero-order chi connectivity index (χ0) is 58.3. The van der Waals surface area contributed by atoms with E-state index in [0.29, 0.717) is 0 Å². The molecule has 2 atom stereocenters. The van der Waals surface area contributed by atoms with E-state index in [4.69, 9.17) is 0 Å². The molecular formula is C84H69SiZr. The van der Waals surface area contributed by atoms with Crippen molar-refractivity contribution in [3.63, 3.8) is 0 Å². The zero-order valence-corrected chi connectivity index (χ0v) is 54.1. The first kappa shape index (κ1) is 53.2. The van der Waals surface area contributed by atoms with Gasteiger partial charge in [0.15, 0.2) is 0 Å². The second-order valence-corrected chi connectivity index (χ2v) is 47.0. The van der Waals surface area contributed by atoms with E-state index in [1.165, 1.54) is 142 Å². The van der Waals surface area contributed by atoms with Crippen molar-refractivity contribution in [2.75, 3.05) is 0 Å². The van der Waals surface area contributed by atoms with E-state index in [2.05, 4.69) is 309 Å². The Morgan fingerprint density at radius 1 is 0.279 bits per heavy atom. The van der Waals surface area contributed by atoms with E-state index in [0.717, 1.165) is 0 Å². The van der Waals surface area contributed by atoms with Crippen molar-refractivity contribution >= 4 is 104 Å². The zero-order valence-electron chi connectivity index (χ0n) is 50.5. The van der Waals surface area contributed by atoms with Crippen molar-refractivity contribution in [1.82, 2.24) is 0 Å². The van der Waals surface area contributed by atoms with Gasteiger partial charge in [0.05, 0.1) is 0 Å². The van der Waals surface area contributed by atoms with Gasteiger partial charge in [0.1, 0.15) is 0 Å². The van der Waals surface area contributed by atoms with E-state index in [1.807, 2.05) is 0 Å². The molecule has 0 saturated carbocycles. The van der Waals surface area contributed by atoms with Crippen molar-refractivity contribution in [2.24, 2.45) is 10.8 Å². The van der Waals surface area contributed by atoms with Gasteiger partial charge in [0.2, 0.25) is 0 Å². The Balaban J connectivity index is 1.07. The molecule has 0 aromatic heterocycles. The van der Waals surface area contributed by atoms with Gasteiger partial charge >= 0.3 is 518 Å². The van der Waals surface area contributed by atoms with E-state index in [-0.39, 0.29) is 18.1 Å². The molecule has 2 heteroatoms. The molecule has 0 bridgehead atoms. The Bertz CT molecular complexity index is 4710. The average molecular weight is 1200 g/mol. The van der Waals surface area contributed by atoms with Crippen LogP contribution in [-0.4, -0.2) is 5.92 Å². The Kier molecular flexibility index (Phi) is 12.5. The molecule has 0 N–H and O–H groups in total. The van der Waals surface area contributed by atoms with Crippen LogP contribution in [0.5, 0.6) is 0 Å². The molecule has 14 aromatic rings. The van der Waals surface area contributed by atoms with Gasteiger partial charge in [-0.1, -0.05) is 0 Å². The molecule has 16 rings (SSSR count). The van der Waals surface area contributed by atoms with E-state index in [9.17, 15) is 0 Å². The average Bonchev–Trinajstić information content (AvgIpc) is 1.53. The topological polar surface area (TPSA) is 0 Å². The summed E-state index contributed by atoms with van der Waals surface area (Å²) in [5.74, 6) is -1.58. The molecule has 0 aliphatic heterocycles. The second kappa shape index (κ2) is 20.2. The standard InChI is InChI=1S/2C41H31.C2H7Si.Zr/c2*1-41(2,3)30-24-37-35(39-31-16-8-4-12-26(31)22-27-13-5-9-17-32(27)39)20-21-36(38(37)25-30)40-33-18-10-6-14-28(33)23-29-15-7-11-19-34(29)40;1-3-2;/h2*4-25H,1-3H3;3H,1-2H3;. The van der Waals surface area contributed by atoms with Crippen molar-refractivity contribution in [3.8, 4) is 44.5 Å². The summed E-state index contributed by atoms with van der Waals surface area (Å²) < 4.78 is 0.544. The van der Waals surface area contributed by atoms with Crippen molar-refractivity contribution in [1.29, 1.82) is 0 Å². The minimum absolute atomic E-state index is 0.138. The van der Waals surface area contributed by atoms with E-state index < -0.39 is 26.8 Å². The minimum atomic E-state index is -3.19. The summed E-state index contributed by atoms with van der Waals surface area (Å²) in [5.41, 5.74) is 20.0. The molecule has 2 aliphatic rings. The first-order valence-electron chi connectivity index (χ1n) is 31.1. The summed E-state index contributed by atoms with van der Waals surface area (Å²) in [6.07, 6.45) is 5.57. The van der Waals surface area contributed by atoms with Crippen LogP contribution in [0.1, 0.15) is 71.0 Å². The molecule has 2 aliphatic carbocycles. The van der Waals surface area contributed by atoms with Crippen LogP contribution in [0.15, 0.2) is 254 Å². The Morgan fingerprint density at radius 2 is 0.488 bits per heavy atom. The molecule has 413 valence electrons. The van der Waals surface area contributed by atoms with Crippen molar-refractivity contribution in [3.05, 3.63) is 276 Å². The number of benzene rings is 14. The predicted molar refractivity (Wildman–Crippen MR) is 374 cm³/mol. The number of rotatable bonds is 7. The third-order valence-corrected chi connectivity index (χ3v) is 40.9. The summed E-state index contributed by atoms with van der Waals surface area (Å²) in [6.45, 7) is 20.8. The monoisotopic (exact) mass is 1200 g/mol. The van der Waals surface area contributed by atoms with Crippen LogP contribution < -0.4 is 0 Å². The van der Waals surface area contributed by atoms with Crippen LogP contribution in [0.4, 0.5) is 0 Å². The van der Waals surface area contributed by atoms with Gasteiger partial charge < -0.3 is 0 Å². The van der Waals surface area contributed by atoms with Gasteiger partial charge in [-0.15, -0.1) is 0 Å². The van der Waals surface area contributed by atoms with Gasteiger partial charge in [0, 0.05) is 0 Å². The summed E-state index contributed by atoms with van der Waals surface area (Å²) in [6, 6.07) is 93.5. The Morgan fingerprint density at radius 3 is 0.709 bits per heavy atom. The number of fused-ring (bicyclic) bond motifs is 10. The number of hydrogen-bond donors (Lipinski definition) is 0. The maximum atomic E-state index is 2.79. The molecule has 0 heterocycles. The molecule has 0 radical (unpaired) electrons. The molecule has 0 saturated heterocycles. The fourth-order valence-electron chi connectivity index (χ4n) is 15.9. The van der Waals surface area contributed by atoms with Crippen molar-refractivity contribution < 1.29 is 20.9 Å². The molecule has 86 heavy (non-hydrogen) atoms. The fourth-order valence-corrected chi connectivity index (χ4v) is 39.5. The Hall–Kier alpha value is -8.26. The van der Waals surface area contributed by atoms with Gasteiger partial charge in [0.25, 0.3) is 0 Å². The normalized spacial score (nSPS) is 15.2. The van der Waals surface area contributed by atoms with Gasteiger partial charge in [-0.05, 0) is 0 Å². The molecule has 0 nitrogen and oxygen atoms in total.